The van der Waals surface area contributed by atoms with Crippen molar-refractivity contribution in [2.75, 3.05) is 6.26 Å². The third kappa shape index (κ3) is 4.54. The minimum atomic E-state index is -0.218. The Morgan fingerprint density at radius 2 is 2.00 bits per heavy atom. The van der Waals surface area contributed by atoms with Gasteiger partial charge in [-0.05, 0) is 37.3 Å². The van der Waals surface area contributed by atoms with E-state index in [4.69, 9.17) is 11.6 Å². The van der Waals surface area contributed by atoms with E-state index in [9.17, 15) is 9.90 Å². The molecule has 0 spiro atoms. The van der Waals surface area contributed by atoms with Crippen LogP contribution in [0.25, 0.3) is 5.69 Å². The van der Waals surface area contributed by atoms with Gasteiger partial charge >= 0.3 is 0 Å². The number of rotatable bonds is 8. The smallest absolute Gasteiger partial charge is 0.265 e. The molecule has 2 rings (SSSR count). The van der Waals surface area contributed by atoms with Crippen molar-refractivity contribution in [2.45, 2.75) is 50.6 Å². The van der Waals surface area contributed by atoms with Crippen LogP contribution in [0.3, 0.4) is 0 Å². The van der Waals surface area contributed by atoms with Crippen molar-refractivity contribution in [3.8, 4) is 11.6 Å². The van der Waals surface area contributed by atoms with Crippen LogP contribution in [0.5, 0.6) is 5.88 Å². The third-order valence-electron chi connectivity index (χ3n) is 3.90. The molecule has 1 heterocycles. The molecule has 24 heavy (non-hydrogen) atoms. The van der Waals surface area contributed by atoms with E-state index in [2.05, 4.69) is 11.9 Å². The first-order valence-electron chi connectivity index (χ1n) is 8.23. The summed E-state index contributed by atoms with van der Waals surface area (Å²) in [6, 6.07) is 7.10. The number of unbranched alkanes of at least 4 members (excludes halogenated alkanes) is 4. The molecule has 1 N–H and O–H groups in total. The second-order valence-corrected chi connectivity index (χ2v) is 6.90. The topological polar surface area (TPSA) is 55.1 Å². The van der Waals surface area contributed by atoms with Gasteiger partial charge in [0.1, 0.15) is 0 Å². The molecule has 0 aliphatic carbocycles. The molecular weight excluding hydrogens is 344 g/mol. The Morgan fingerprint density at radius 1 is 1.25 bits per heavy atom. The Kier molecular flexibility index (Phi) is 7.18. The molecule has 130 valence electrons. The van der Waals surface area contributed by atoms with Crippen LogP contribution in [0, 0.1) is 0 Å². The average molecular weight is 367 g/mol. The lowest BCUT2D eigenvalue weighted by molar-refractivity contribution is 0.430. The van der Waals surface area contributed by atoms with Gasteiger partial charge in [0, 0.05) is 5.02 Å². The van der Waals surface area contributed by atoms with Crippen molar-refractivity contribution in [3.63, 3.8) is 0 Å². The van der Waals surface area contributed by atoms with Crippen molar-refractivity contribution in [3.05, 3.63) is 45.2 Å². The van der Waals surface area contributed by atoms with Gasteiger partial charge in [-0.1, -0.05) is 62.0 Å². The minimum Gasteiger partial charge on any atom is -0.493 e. The molecule has 1 aromatic carbocycles. The number of halogens is 1. The number of aromatic hydroxyl groups is 1. The average Bonchev–Trinajstić information content (AvgIpc) is 2.56. The van der Waals surface area contributed by atoms with E-state index < -0.39 is 0 Å². The molecule has 2 aromatic rings. The van der Waals surface area contributed by atoms with Gasteiger partial charge in [-0.2, -0.15) is 4.98 Å². The number of hydrogen-bond acceptors (Lipinski definition) is 4. The van der Waals surface area contributed by atoms with E-state index in [1.807, 2.05) is 12.3 Å². The first kappa shape index (κ1) is 18.9. The number of hydrogen-bond donors (Lipinski definition) is 1. The Bertz CT molecular complexity index is 746. The highest BCUT2D eigenvalue weighted by Gasteiger charge is 2.17. The quantitative estimate of drug-likeness (QED) is 0.413. The summed E-state index contributed by atoms with van der Waals surface area (Å²) in [6.07, 6.45) is 7.81. The molecule has 1 aromatic heterocycles. The van der Waals surface area contributed by atoms with Crippen LogP contribution in [0.1, 0.15) is 44.6 Å². The lowest BCUT2D eigenvalue weighted by Crippen LogP contribution is -2.25. The molecule has 4 nitrogen and oxygen atoms in total. The molecule has 0 radical (unpaired) electrons. The van der Waals surface area contributed by atoms with Gasteiger partial charge < -0.3 is 5.11 Å². The Balaban J connectivity index is 2.36. The third-order valence-corrected chi connectivity index (χ3v) is 4.78. The summed E-state index contributed by atoms with van der Waals surface area (Å²) in [5.41, 5.74) is 0.825. The summed E-state index contributed by atoms with van der Waals surface area (Å²) in [5.74, 6) is -0.155. The predicted octanol–water partition coefficient (Wildman–Crippen LogP) is 4.83. The minimum absolute atomic E-state index is 0.155. The van der Waals surface area contributed by atoms with E-state index in [1.165, 1.54) is 29.2 Å². The van der Waals surface area contributed by atoms with Gasteiger partial charge in [-0.15, -0.1) is 0 Å². The Labute approximate surface area is 151 Å². The fraction of sp³-hybridized carbons (Fsp3) is 0.444. The largest absolute Gasteiger partial charge is 0.493 e. The SMILES string of the molecule is CCCCCCCc1c(O)nc(SC)n(-c2cccc(Cl)c2)c1=O. The normalized spacial score (nSPS) is 11.0. The van der Waals surface area contributed by atoms with Crippen molar-refractivity contribution >= 4 is 23.4 Å². The van der Waals surface area contributed by atoms with Crippen LogP contribution < -0.4 is 5.56 Å². The first-order chi connectivity index (χ1) is 11.6. The zero-order valence-electron chi connectivity index (χ0n) is 14.1. The van der Waals surface area contributed by atoms with Crippen molar-refractivity contribution in [2.24, 2.45) is 0 Å². The second kappa shape index (κ2) is 9.14. The molecule has 0 fully saturated rings. The molecule has 0 bridgehead atoms. The number of aromatic nitrogens is 2. The van der Waals surface area contributed by atoms with E-state index in [-0.39, 0.29) is 11.4 Å². The fourth-order valence-electron chi connectivity index (χ4n) is 2.63. The molecule has 0 saturated carbocycles. The van der Waals surface area contributed by atoms with E-state index >= 15 is 0 Å². The predicted molar refractivity (Wildman–Crippen MR) is 101 cm³/mol. The number of benzene rings is 1. The van der Waals surface area contributed by atoms with Crippen molar-refractivity contribution in [1.29, 1.82) is 0 Å². The summed E-state index contributed by atoms with van der Waals surface area (Å²) in [4.78, 5) is 17.1. The highest BCUT2D eigenvalue weighted by molar-refractivity contribution is 7.98. The molecule has 6 heteroatoms. The summed E-state index contributed by atoms with van der Waals surface area (Å²) in [6.45, 7) is 2.17. The summed E-state index contributed by atoms with van der Waals surface area (Å²) in [7, 11) is 0. The van der Waals surface area contributed by atoms with Crippen LogP contribution in [-0.4, -0.2) is 20.9 Å². The summed E-state index contributed by atoms with van der Waals surface area (Å²) >= 11 is 7.37. The van der Waals surface area contributed by atoms with Crippen molar-refractivity contribution in [1.82, 2.24) is 9.55 Å². The number of nitrogens with zero attached hydrogens (tertiary/aromatic N) is 2. The van der Waals surface area contributed by atoms with Crippen molar-refractivity contribution < 1.29 is 5.11 Å². The van der Waals surface area contributed by atoms with E-state index in [1.54, 1.807) is 18.2 Å². The van der Waals surface area contributed by atoms with Gasteiger partial charge in [-0.3, -0.25) is 9.36 Å². The van der Waals surface area contributed by atoms with Gasteiger partial charge in [0.15, 0.2) is 5.16 Å². The summed E-state index contributed by atoms with van der Waals surface area (Å²) < 4.78 is 1.53. The maximum Gasteiger partial charge on any atom is 0.265 e. The molecule has 0 aliphatic heterocycles. The van der Waals surface area contributed by atoms with Crippen LogP contribution in [-0.2, 0) is 6.42 Å². The highest BCUT2D eigenvalue weighted by atomic mass is 35.5. The summed E-state index contributed by atoms with van der Waals surface area (Å²) in [5, 5.41) is 11.2. The lowest BCUT2D eigenvalue weighted by atomic mass is 10.1. The Hall–Kier alpha value is -1.46. The van der Waals surface area contributed by atoms with E-state index in [0.29, 0.717) is 27.9 Å². The van der Waals surface area contributed by atoms with Gasteiger partial charge in [-0.25, -0.2) is 0 Å². The zero-order valence-corrected chi connectivity index (χ0v) is 15.7. The molecule has 0 amide bonds. The molecule has 0 atom stereocenters. The standard InChI is InChI=1S/C18H23ClN2O2S/c1-3-4-5-6-7-11-15-16(22)20-18(24-2)21(17(15)23)14-10-8-9-13(19)12-14/h8-10,12,22H,3-7,11H2,1-2H3. The van der Waals surface area contributed by atoms with Crippen LogP contribution in [0.2, 0.25) is 5.02 Å². The number of thioether (sulfide) groups is 1. The maximum absolute atomic E-state index is 12.9. The first-order valence-corrected chi connectivity index (χ1v) is 9.83. The molecule has 0 aliphatic rings. The van der Waals surface area contributed by atoms with Crippen LogP contribution >= 0.6 is 23.4 Å². The van der Waals surface area contributed by atoms with Crippen LogP contribution in [0.4, 0.5) is 0 Å². The zero-order chi connectivity index (χ0) is 17.5. The second-order valence-electron chi connectivity index (χ2n) is 5.69. The maximum atomic E-state index is 12.9. The van der Waals surface area contributed by atoms with Crippen LogP contribution in [0.15, 0.2) is 34.2 Å². The van der Waals surface area contributed by atoms with Gasteiger partial charge in [0.25, 0.3) is 5.56 Å². The Morgan fingerprint density at radius 3 is 2.67 bits per heavy atom. The fourth-order valence-corrected chi connectivity index (χ4v) is 3.36. The van der Waals surface area contributed by atoms with Gasteiger partial charge in [0.05, 0.1) is 11.3 Å². The molecule has 0 saturated heterocycles. The lowest BCUT2D eigenvalue weighted by Gasteiger charge is -2.13. The highest BCUT2D eigenvalue weighted by Crippen LogP contribution is 2.23. The monoisotopic (exact) mass is 366 g/mol. The van der Waals surface area contributed by atoms with Gasteiger partial charge in [0.2, 0.25) is 5.88 Å². The van der Waals surface area contributed by atoms with E-state index in [0.717, 1.165) is 19.3 Å². The molecule has 0 unspecified atom stereocenters. The molecular formula is C18H23ClN2O2S.